The summed E-state index contributed by atoms with van der Waals surface area (Å²) in [4.78, 5) is 44.7. The van der Waals surface area contributed by atoms with Crippen LogP contribution < -0.4 is 32.2 Å². The smallest absolute Gasteiger partial charge is 0.270 e. The summed E-state index contributed by atoms with van der Waals surface area (Å²) in [6.45, 7) is 6.20. The second-order valence-electron chi connectivity index (χ2n) is 11.7. The molecule has 0 aliphatic carbocycles. The highest BCUT2D eigenvalue weighted by atomic mass is 16.5. The Balaban J connectivity index is 1.26. The molecule has 1 spiro atoms. The third-order valence-electron chi connectivity index (χ3n) is 8.58. The molecule has 2 aromatic rings. The number of hydrogen-bond acceptors (Lipinski definition) is 13. The molecule has 4 aliphatic rings. The number of hydrogen-bond donors (Lipinski definition) is 7. The number of carbonyl (C=O) groups is 2. The van der Waals surface area contributed by atoms with E-state index >= 15 is 0 Å². The van der Waals surface area contributed by atoms with Gasteiger partial charge >= 0.3 is 0 Å². The van der Waals surface area contributed by atoms with E-state index < -0.39 is 41.4 Å². The van der Waals surface area contributed by atoms with Gasteiger partial charge in [0.25, 0.3) is 11.8 Å². The predicted octanol–water partition coefficient (Wildman–Crippen LogP) is -1.95. The van der Waals surface area contributed by atoms with Crippen LogP contribution in [0.3, 0.4) is 0 Å². The number of nitrogens with two attached hydrogens (primary N) is 2. The van der Waals surface area contributed by atoms with Crippen LogP contribution >= 0.6 is 0 Å². The Labute approximate surface area is 241 Å². The molecule has 15 nitrogen and oxygen atoms in total. The molecule has 5 heterocycles. The number of carbonyl (C=O) groups excluding carboxylic acids is 2. The van der Waals surface area contributed by atoms with Gasteiger partial charge in [-0.15, -0.1) is 0 Å². The summed E-state index contributed by atoms with van der Waals surface area (Å²) in [5, 5.41) is 31.9. The Hall–Kier alpha value is -4.50. The summed E-state index contributed by atoms with van der Waals surface area (Å²) in [6, 6.07) is 3.84. The standard InChI is InChI=1S/C27H34N10O5/c1-13-9-16(32-12-31-13)22(39)30-10-17-20-26(36-23(28)35-20)27(40,41)18(11-37(26)24(29)33-17)34-21(38)14-5-4-6-15-19(14)42-8-7-25(15,2)3/h4-6,9,12,17-18,20,40-41H,7-8,10-11H2,1-3H3,(H2,29,33)(H,30,39)(H,34,38)(H3,28,35,36)/t17-,18?,20?,26?/m0/s1. The topological polar surface area (TPSA) is 226 Å². The van der Waals surface area contributed by atoms with Crippen molar-refractivity contribution < 1.29 is 24.5 Å². The summed E-state index contributed by atoms with van der Waals surface area (Å²) < 4.78 is 5.90. The number of aliphatic imine (C=N–C) groups is 2. The second kappa shape index (κ2) is 9.52. The van der Waals surface area contributed by atoms with E-state index in [9.17, 15) is 19.8 Å². The van der Waals surface area contributed by atoms with Gasteiger partial charge in [-0.1, -0.05) is 26.0 Å². The number of rotatable bonds is 5. The molecule has 6 rings (SSSR count). The summed E-state index contributed by atoms with van der Waals surface area (Å²) in [6.07, 6.45) is 2.09. The largest absolute Gasteiger partial charge is 0.492 e. The van der Waals surface area contributed by atoms with Gasteiger partial charge < -0.3 is 47.3 Å². The molecule has 3 unspecified atom stereocenters. The Morgan fingerprint density at radius 2 is 1.98 bits per heavy atom. The Bertz CT molecular complexity index is 1520. The average Bonchev–Trinajstić information content (AvgIpc) is 3.40. The van der Waals surface area contributed by atoms with Crippen LogP contribution in [0.2, 0.25) is 0 Å². The van der Waals surface area contributed by atoms with E-state index in [2.05, 4.69) is 49.8 Å². The lowest BCUT2D eigenvalue weighted by atomic mass is 9.79. The Kier molecular flexibility index (Phi) is 6.27. The lowest BCUT2D eigenvalue weighted by Crippen LogP contribution is -2.78. The number of ether oxygens (including phenoxy) is 1. The zero-order chi connectivity index (χ0) is 30.0. The highest BCUT2D eigenvalue weighted by molar-refractivity contribution is 5.98. The van der Waals surface area contributed by atoms with Crippen molar-refractivity contribution in [3.63, 3.8) is 0 Å². The number of para-hydroxylation sites is 1. The van der Waals surface area contributed by atoms with Crippen molar-refractivity contribution in [3.8, 4) is 5.75 Å². The predicted molar refractivity (Wildman–Crippen MR) is 150 cm³/mol. The quantitative estimate of drug-likeness (QED) is 0.193. The van der Waals surface area contributed by atoms with E-state index in [-0.39, 0.29) is 41.7 Å². The van der Waals surface area contributed by atoms with Crippen LogP contribution in [0.5, 0.6) is 5.75 Å². The van der Waals surface area contributed by atoms with Crippen LogP contribution in [0.25, 0.3) is 0 Å². The third kappa shape index (κ3) is 4.10. The minimum absolute atomic E-state index is 0.0350. The van der Waals surface area contributed by atoms with Crippen molar-refractivity contribution in [2.45, 2.75) is 62.2 Å². The van der Waals surface area contributed by atoms with E-state index in [1.807, 2.05) is 6.07 Å². The Morgan fingerprint density at radius 1 is 1.19 bits per heavy atom. The van der Waals surface area contributed by atoms with E-state index in [4.69, 9.17) is 16.2 Å². The molecule has 4 atom stereocenters. The van der Waals surface area contributed by atoms with Gasteiger partial charge in [-0.05, 0) is 30.9 Å². The first kappa shape index (κ1) is 27.7. The first-order valence-electron chi connectivity index (χ1n) is 13.7. The minimum atomic E-state index is -2.63. The first-order chi connectivity index (χ1) is 19.8. The molecular weight excluding hydrogens is 544 g/mol. The molecule has 222 valence electrons. The molecule has 4 aliphatic heterocycles. The fourth-order valence-electron chi connectivity index (χ4n) is 6.30. The normalized spacial score (nSPS) is 28.2. The van der Waals surface area contributed by atoms with Crippen molar-refractivity contribution >= 4 is 23.7 Å². The zero-order valence-electron chi connectivity index (χ0n) is 23.5. The average molecular weight is 579 g/mol. The number of nitrogens with one attached hydrogen (secondary N) is 3. The second-order valence-corrected chi connectivity index (χ2v) is 11.7. The maximum atomic E-state index is 13.6. The van der Waals surface area contributed by atoms with Crippen LogP contribution in [-0.2, 0) is 5.41 Å². The fourth-order valence-corrected chi connectivity index (χ4v) is 6.30. The van der Waals surface area contributed by atoms with Gasteiger partial charge in [0.05, 0.1) is 18.2 Å². The SMILES string of the molecule is Cc1cc(C(=O)NC[C@@H]2N=C(N)N3CC(NC(=O)c4cccc5c4OCCC5(C)C)C(O)(O)C34NC(N)=NC24)ncn1. The van der Waals surface area contributed by atoms with E-state index in [0.29, 0.717) is 18.1 Å². The molecule has 0 bridgehead atoms. The lowest BCUT2D eigenvalue weighted by Gasteiger charge is -2.49. The van der Waals surface area contributed by atoms with Gasteiger partial charge in [-0.3, -0.25) is 9.59 Å². The summed E-state index contributed by atoms with van der Waals surface area (Å²) in [5.74, 6) is -3.26. The zero-order valence-corrected chi connectivity index (χ0v) is 23.5. The molecule has 1 aromatic carbocycles. The molecule has 2 amide bonds. The molecular formula is C27H34N10O5. The summed E-state index contributed by atoms with van der Waals surface area (Å²) in [7, 11) is 0. The van der Waals surface area contributed by atoms with Gasteiger partial charge in [-0.2, -0.15) is 0 Å². The van der Waals surface area contributed by atoms with E-state index in [1.165, 1.54) is 17.3 Å². The van der Waals surface area contributed by atoms with Crippen molar-refractivity contribution in [3.05, 3.63) is 53.1 Å². The molecule has 1 fully saturated rings. The number of nitrogens with zero attached hydrogens (tertiary/aromatic N) is 5. The van der Waals surface area contributed by atoms with Crippen LogP contribution in [0.15, 0.2) is 40.6 Å². The van der Waals surface area contributed by atoms with Crippen LogP contribution in [0.4, 0.5) is 0 Å². The molecule has 42 heavy (non-hydrogen) atoms. The monoisotopic (exact) mass is 578 g/mol. The molecule has 15 heteroatoms. The fraction of sp³-hybridized carbons (Fsp3) is 0.481. The van der Waals surface area contributed by atoms with Gasteiger partial charge in [0.1, 0.15) is 29.9 Å². The van der Waals surface area contributed by atoms with Crippen molar-refractivity contribution in [1.29, 1.82) is 0 Å². The number of benzene rings is 1. The first-order valence-corrected chi connectivity index (χ1v) is 13.7. The van der Waals surface area contributed by atoms with Crippen molar-refractivity contribution in [1.82, 2.24) is 30.8 Å². The third-order valence-corrected chi connectivity index (χ3v) is 8.58. The molecule has 0 radical (unpaired) electrons. The van der Waals surface area contributed by atoms with Crippen LogP contribution in [0, 0.1) is 6.92 Å². The maximum Gasteiger partial charge on any atom is 0.270 e. The summed E-state index contributed by atoms with van der Waals surface area (Å²) >= 11 is 0. The van der Waals surface area contributed by atoms with Gasteiger partial charge in [0.2, 0.25) is 5.79 Å². The minimum Gasteiger partial charge on any atom is -0.492 e. The Morgan fingerprint density at radius 3 is 2.74 bits per heavy atom. The van der Waals surface area contributed by atoms with E-state index in [0.717, 1.165) is 12.0 Å². The summed E-state index contributed by atoms with van der Waals surface area (Å²) in [5.41, 5.74) is 12.4. The maximum absolute atomic E-state index is 13.6. The number of fused-ring (bicyclic) bond motifs is 1. The number of aromatic nitrogens is 2. The van der Waals surface area contributed by atoms with Gasteiger partial charge in [0, 0.05) is 24.3 Å². The van der Waals surface area contributed by atoms with Gasteiger partial charge in [-0.25, -0.2) is 20.0 Å². The highest BCUT2D eigenvalue weighted by Crippen LogP contribution is 2.45. The number of aliphatic hydroxyl groups is 2. The molecule has 1 aromatic heterocycles. The van der Waals surface area contributed by atoms with Crippen LogP contribution in [-0.4, -0.2) is 98.1 Å². The van der Waals surface area contributed by atoms with Crippen LogP contribution in [0.1, 0.15) is 52.4 Å². The molecule has 1 saturated heterocycles. The van der Waals surface area contributed by atoms with Gasteiger partial charge in [0.15, 0.2) is 17.6 Å². The van der Waals surface area contributed by atoms with Crippen molar-refractivity contribution in [2.75, 3.05) is 19.7 Å². The lowest BCUT2D eigenvalue weighted by molar-refractivity contribution is -0.230. The van der Waals surface area contributed by atoms with E-state index in [1.54, 1.807) is 19.1 Å². The number of amides is 2. The number of aryl methyl sites for hydroxylation is 1. The highest BCUT2D eigenvalue weighted by Gasteiger charge is 2.73. The molecule has 0 saturated carbocycles. The van der Waals surface area contributed by atoms with Crippen molar-refractivity contribution in [2.24, 2.45) is 21.5 Å². The number of guanidine groups is 2. The molecule has 9 N–H and O–H groups in total.